The lowest BCUT2D eigenvalue weighted by molar-refractivity contribution is -0.138. The lowest BCUT2D eigenvalue weighted by Crippen LogP contribution is -2.04. The SMILES string of the molecule is C=CC(=O)OCCCCOc1ccc(C#Cc2ccc(-c3ccc(OCCCCOC(=O)C=C)cc3)c(F)c2)cc1. The highest BCUT2D eigenvalue weighted by molar-refractivity contribution is 5.81. The molecular formula is C34H33FO6. The fourth-order valence-corrected chi connectivity index (χ4v) is 3.59. The van der Waals surface area contributed by atoms with Gasteiger partial charge in [0.2, 0.25) is 0 Å². The highest BCUT2D eigenvalue weighted by Crippen LogP contribution is 2.26. The molecule has 212 valence electrons. The van der Waals surface area contributed by atoms with Crippen LogP contribution < -0.4 is 9.47 Å². The van der Waals surface area contributed by atoms with Crippen molar-refractivity contribution in [2.45, 2.75) is 25.7 Å². The number of rotatable bonds is 15. The predicted molar refractivity (Wildman–Crippen MR) is 156 cm³/mol. The Kier molecular flexibility index (Phi) is 12.7. The third-order valence-corrected chi connectivity index (χ3v) is 5.78. The summed E-state index contributed by atoms with van der Waals surface area (Å²) >= 11 is 0. The summed E-state index contributed by atoms with van der Waals surface area (Å²) < 4.78 is 36.1. The van der Waals surface area contributed by atoms with Crippen molar-refractivity contribution < 1.29 is 32.9 Å². The molecule has 0 fully saturated rings. The van der Waals surface area contributed by atoms with Crippen LogP contribution in [0.3, 0.4) is 0 Å². The quantitative estimate of drug-likeness (QED) is 0.0902. The number of halogens is 1. The minimum atomic E-state index is -0.429. The topological polar surface area (TPSA) is 71.1 Å². The van der Waals surface area contributed by atoms with Gasteiger partial charge < -0.3 is 18.9 Å². The maximum absolute atomic E-state index is 14.9. The van der Waals surface area contributed by atoms with E-state index < -0.39 is 11.9 Å². The number of ether oxygens (including phenoxy) is 4. The van der Waals surface area contributed by atoms with Gasteiger partial charge in [-0.05, 0) is 79.8 Å². The van der Waals surface area contributed by atoms with Gasteiger partial charge in [-0.1, -0.05) is 43.2 Å². The summed E-state index contributed by atoms with van der Waals surface area (Å²) in [6.07, 6.45) is 5.17. The molecule has 0 N–H and O–H groups in total. The molecular weight excluding hydrogens is 523 g/mol. The predicted octanol–water partition coefficient (Wildman–Crippen LogP) is 6.67. The Hall–Kier alpha value is -4.83. The van der Waals surface area contributed by atoms with Crippen molar-refractivity contribution in [3.63, 3.8) is 0 Å². The standard InChI is InChI=1S/C34H33FO6/c1-3-33(36)40-23-7-5-21-38-29-16-11-26(12-17-29)9-10-27-13-20-31(32(35)25-27)28-14-18-30(19-15-28)39-22-6-8-24-41-34(37)4-2/h3-4,11-20,25H,1-2,5-8,21-24H2. The first-order valence-electron chi connectivity index (χ1n) is 13.3. The van der Waals surface area contributed by atoms with Crippen LogP contribution in [-0.4, -0.2) is 38.4 Å². The van der Waals surface area contributed by atoms with E-state index in [0.717, 1.165) is 41.9 Å². The molecule has 0 amide bonds. The van der Waals surface area contributed by atoms with Gasteiger partial charge in [-0.15, -0.1) is 0 Å². The molecule has 0 atom stereocenters. The largest absolute Gasteiger partial charge is 0.494 e. The zero-order valence-corrected chi connectivity index (χ0v) is 22.9. The Labute approximate surface area is 240 Å². The molecule has 0 unspecified atom stereocenters. The van der Waals surface area contributed by atoms with E-state index in [1.807, 2.05) is 36.4 Å². The van der Waals surface area contributed by atoms with Gasteiger partial charge in [0.05, 0.1) is 26.4 Å². The third-order valence-electron chi connectivity index (χ3n) is 5.78. The Balaban J connectivity index is 1.45. The molecule has 0 saturated heterocycles. The van der Waals surface area contributed by atoms with Crippen LogP contribution in [0.25, 0.3) is 11.1 Å². The summed E-state index contributed by atoms with van der Waals surface area (Å²) in [6, 6.07) is 19.5. The number of hydrogen-bond donors (Lipinski definition) is 0. The molecule has 0 bridgehead atoms. The molecule has 0 saturated carbocycles. The average molecular weight is 557 g/mol. The van der Waals surface area contributed by atoms with Gasteiger partial charge >= 0.3 is 11.9 Å². The summed E-state index contributed by atoms with van der Waals surface area (Å²) in [4.78, 5) is 22.0. The number of benzene rings is 3. The molecule has 6 nitrogen and oxygen atoms in total. The van der Waals surface area contributed by atoms with Gasteiger partial charge in [0.15, 0.2) is 0 Å². The van der Waals surface area contributed by atoms with Crippen molar-refractivity contribution in [1.82, 2.24) is 0 Å². The zero-order chi connectivity index (χ0) is 29.3. The van der Waals surface area contributed by atoms with E-state index >= 15 is 0 Å². The molecule has 3 rings (SSSR count). The first-order chi connectivity index (χ1) is 20.0. The van der Waals surface area contributed by atoms with Crippen LogP contribution in [-0.2, 0) is 19.1 Å². The number of unbranched alkanes of at least 4 members (excludes halogenated alkanes) is 2. The lowest BCUT2D eigenvalue weighted by Gasteiger charge is -2.08. The van der Waals surface area contributed by atoms with Crippen molar-refractivity contribution in [3.8, 4) is 34.5 Å². The van der Waals surface area contributed by atoms with Crippen LogP contribution in [0.15, 0.2) is 92.0 Å². The minimum Gasteiger partial charge on any atom is -0.494 e. The molecule has 3 aromatic rings. The van der Waals surface area contributed by atoms with E-state index in [1.165, 1.54) is 6.07 Å². The molecule has 7 heteroatoms. The molecule has 0 aromatic heterocycles. The zero-order valence-electron chi connectivity index (χ0n) is 22.9. The first kappa shape index (κ1) is 30.7. The van der Waals surface area contributed by atoms with E-state index in [9.17, 15) is 14.0 Å². The monoisotopic (exact) mass is 556 g/mol. The molecule has 0 aliphatic rings. The molecule has 0 aliphatic heterocycles. The van der Waals surface area contributed by atoms with Crippen molar-refractivity contribution in [1.29, 1.82) is 0 Å². The maximum Gasteiger partial charge on any atom is 0.330 e. The number of hydrogen-bond acceptors (Lipinski definition) is 6. The van der Waals surface area contributed by atoms with Crippen molar-refractivity contribution >= 4 is 11.9 Å². The van der Waals surface area contributed by atoms with E-state index in [1.54, 1.807) is 24.3 Å². The second-order valence-corrected chi connectivity index (χ2v) is 8.85. The van der Waals surface area contributed by atoms with Crippen LogP contribution in [0.4, 0.5) is 4.39 Å². The Morgan fingerprint density at radius 3 is 1.63 bits per heavy atom. The van der Waals surface area contributed by atoms with E-state index in [-0.39, 0.29) is 5.82 Å². The fraction of sp³-hybridized carbons (Fsp3) is 0.235. The number of esters is 2. The van der Waals surface area contributed by atoms with E-state index in [4.69, 9.17) is 18.9 Å². The van der Waals surface area contributed by atoms with Crippen molar-refractivity contribution in [2.24, 2.45) is 0 Å². The highest BCUT2D eigenvalue weighted by Gasteiger charge is 2.06. The van der Waals surface area contributed by atoms with Gasteiger partial charge in [0, 0.05) is 28.8 Å². The molecule has 0 spiro atoms. The fourth-order valence-electron chi connectivity index (χ4n) is 3.59. The smallest absolute Gasteiger partial charge is 0.330 e. The van der Waals surface area contributed by atoms with Gasteiger partial charge in [-0.2, -0.15) is 0 Å². The normalized spacial score (nSPS) is 10.1. The van der Waals surface area contributed by atoms with Gasteiger partial charge in [-0.25, -0.2) is 14.0 Å². The molecule has 0 aliphatic carbocycles. The van der Waals surface area contributed by atoms with Gasteiger partial charge in [0.1, 0.15) is 17.3 Å². The van der Waals surface area contributed by atoms with Crippen molar-refractivity contribution in [3.05, 3.63) is 109 Å². The van der Waals surface area contributed by atoms with Crippen LogP contribution in [0.5, 0.6) is 11.5 Å². The second-order valence-electron chi connectivity index (χ2n) is 8.85. The van der Waals surface area contributed by atoms with Gasteiger partial charge in [0.25, 0.3) is 0 Å². The summed E-state index contributed by atoms with van der Waals surface area (Å²) in [5.41, 5.74) is 2.57. The van der Waals surface area contributed by atoms with E-state index in [2.05, 4.69) is 25.0 Å². The highest BCUT2D eigenvalue weighted by atomic mass is 19.1. The molecule has 41 heavy (non-hydrogen) atoms. The summed E-state index contributed by atoms with van der Waals surface area (Å²) in [7, 11) is 0. The Morgan fingerprint density at radius 1 is 0.659 bits per heavy atom. The number of carbonyl (C=O) groups excluding carboxylic acids is 2. The minimum absolute atomic E-state index is 0.328. The van der Waals surface area contributed by atoms with Crippen LogP contribution in [0.1, 0.15) is 36.8 Å². The molecule has 0 radical (unpaired) electrons. The van der Waals surface area contributed by atoms with Crippen LogP contribution in [0.2, 0.25) is 0 Å². The van der Waals surface area contributed by atoms with Gasteiger partial charge in [-0.3, -0.25) is 0 Å². The second kappa shape index (κ2) is 17.0. The molecule has 3 aromatic carbocycles. The third kappa shape index (κ3) is 11.1. The van der Waals surface area contributed by atoms with Crippen LogP contribution in [0, 0.1) is 17.7 Å². The van der Waals surface area contributed by atoms with E-state index in [0.29, 0.717) is 56.1 Å². The van der Waals surface area contributed by atoms with Crippen LogP contribution >= 0.6 is 0 Å². The Morgan fingerprint density at radius 2 is 1.12 bits per heavy atom. The van der Waals surface area contributed by atoms with Crippen molar-refractivity contribution in [2.75, 3.05) is 26.4 Å². The average Bonchev–Trinajstić information content (AvgIpc) is 3.00. The molecule has 0 heterocycles. The lowest BCUT2D eigenvalue weighted by atomic mass is 10.0. The Bertz CT molecular complexity index is 1370. The number of carbonyl (C=O) groups is 2. The summed E-state index contributed by atoms with van der Waals surface area (Å²) in [5.74, 6) is 6.25. The summed E-state index contributed by atoms with van der Waals surface area (Å²) in [6.45, 7) is 8.36. The maximum atomic E-state index is 14.9. The first-order valence-corrected chi connectivity index (χ1v) is 13.3. The summed E-state index contributed by atoms with van der Waals surface area (Å²) in [5, 5.41) is 0.